The van der Waals surface area contributed by atoms with Crippen molar-refractivity contribution < 1.29 is 9.18 Å². The van der Waals surface area contributed by atoms with Crippen molar-refractivity contribution >= 4 is 5.91 Å². The summed E-state index contributed by atoms with van der Waals surface area (Å²) in [6.45, 7) is 1.25. The maximum atomic E-state index is 13.4. The van der Waals surface area contributed by atoms with E-state index in [0.29, 0.717) is 18.7 Å². The first-order valence-corrected chi connectivity index (χ1v) is 8.79. The third-order valence-electron chi connectivity index (χ3n) is 4.72. The van der Waals surface area contributed by atoms with Crippen molar-refractivity contribution in [3.8, 4) is 0 Å². The molecule has 5 nitrogen and oxygen atoms in total. The smallest absolute Gasteiger partial charge is 0.274 e. The Labute approximate surface area is 155 Å². The molecule has 4 rings (SSSR count). The number of amides is 1. The van der Waals surface area contributed by atoms with Gasteiger partial charge in [0.1, 0.15) is 11.5 Å². The molecule has 27 heavy (non-hydrogen) atoms. The van der Waals surface area contributed by atoms with E-state index >= 15 is 0 Å². The van der Waals surface area contributed by atoms with E-state index in [1.165, 1.54) is 34.5 Å². The zero-order valence-corrected chi connectivity index (χ0v) is 14.6. The van der Waals surface area contributed by atoms with Crippen LogP contribution in [0.1, 0.15) is 27.2 Å². The average Bonchev–Trinajstić information content (AvgIpc) is 2.69. The number of nitrogens with zero attached hydrogens (tertiary/aromatic N) is 3. The zero-order chi connectivity index (χ0) is 18.8. The Balaban J connectivity index is 1.57. The van der Waals surface area contributed by atoms with Gasteiger partial charge in [-0.3, -0.25) is 9.59 Å². The topological polar surface area (TPSA) is 55.2 Å². The van der Waals surface area contributed by atoms with Gasteiger partial charge in [0.25, 0.3) is 11.5 Å². The second kappa shape index (κ2) is 7.15. The normalized spacial score (nSPS) is 13.3. The first-order chi connectivity index (χ1) is 13.1. The van der Waals surface area contributed by atoms with E-state index in [2.05, 4.69) is 11.2 Å². The number of carbonyl (C=O) groups is 1. The summed E-state index contributed by atoms with van der Waals surface area (Å²) in [6, 6.07) is 16.8. The van der Waals surface area contributed by atoms with E-state index in [1.54, 1.807) is 17.0 Å². The number of rotatable bonds is 3. The minimum absolute atomic E-state index is 0.112. The first kappa shape index (κ1) is 17.1. The fraction of sp³-hybridized carbons (Fsp3) is 0.190. The largest absolute Gasteiger partial charge is 0.333 e. The van der Waals surface area contributed by atoms with Gasteiger partial charge in [-0.25, -0.2) is 9.07 Å². The SMILES string of the molecule is O=C(c1ccc(=O)n(Cc2cccc(F)c2)n1)N1CCc2ccccc2C1. The van der Waals surface area contributed by atoms with Gasteiger partial charge in [-0.05, 0) is 41.3 Å². The number of carbonyl (C=O) groups excluding carboxylic acids is 1. The van der Waals surface area contributed by atoms with E-state index in [1.807, 2.05) is 18.2 Å². The maximum absolute atomic E-state index is 13.4. The highest BCUT2D eigenvalue weighted by molar-refractivity contribution is 5.92. The monoisotopic (exact) mass is 363 g/mol. The zero-order valence-electron chi connectivity index (χ0n) is 14.6. The number of halogens is 1. The number of aromatic nitrogens is 2. The molecule has 0 fully saturated rings. The van der Waals surface area contributed by atoms with Gasteiger partial charge >= 0.3 is 0 Å². The van der Waals surface area contributed by atoms with Crippen LogP contribution in [0.15, 0.2) is 65.5 Å². The van der Waals surface area contributed by atoms with Crippen molar-refractivity contribution in [2.75, 3.05) is 6.54 Å². The molecule has 0 unspecified atom stereocenters. The fourth-order valence-corrected chi connectivity index (χ4v) is 3.32. The van der Waals surface area contributed by atoms with Gasteiger partial charge in [0.2, 0.25) is 0 Å². The number of benzene rings is 2. The van der Waals surface area contributed by atoms with Crippen LogP contribution in [0.5, 0.6) is 0 Å². The number of fused-ring (bicyclic) bond motifs is 1. The molecule has 1 aliphatic heterocycles. The lowest BCUT2D eigenvalue weighted by atomic mass is 10.00. The van der Waals surface area contributed by atoms with Crippen LogP contribution in [-0.4, -0.2) is 27.1 Å². The van der Waals surface area contributed by atoms with Crippen LogP contribution in [0.2, 0.25) is 0 Å². The second-order valence-corrected chi connectivity index (χ2v) is 6.59. The highest BCUT2D eigenvalue weighted by Crippen LogP contribution is 2.19. The Hall–Kier alpha value is -3.28. The van der Waals surface area contributed by atoms with Gasteiger partial charge in [-0.15, -0.1) is 0 Å². The van der Waals surface area contributed by atoms with Crippen LogP contribution in [0.3, 0.4) is 0 Å². The summed E-state index contributed by atoms with van der Waals surface area (Å²) >= 11 is 0. The molecule has 136 valence electrons. The average molecular weight is 363 g/mol. The molecule has 0 aliphatic carbocycles. The molecule has 0 bridgehead atoms. The highest BCUT2D eigenvalue weighted by atomic mass is 19.1. The lowest BCUT2D eigenvalue weighted by molar-refractivity contribution is 0.0726. The summed E-state index contributed by atoms with van der Waals surface area (Å²) in [5, 5.41) is 4.22. The van der Waals surface area contributed by atoms with E-state index in [-0.39, 0.29) is 29.5 Å². The van der Waals surface area contributed by atoms with Gasteiger partial charge in [0, 0.05) is 19.2 Å². The molecule has 0 N–H and O–H groups in total. The van der Waals surface area contributed by atoms with Crippen LogP contribution >= 0.6 is 0 Å². The molecule has 3 aromatic rings. The molecule has 0 spiro atoms. The molecular weight excluding hydrogens is 345 g/mol. The van der Waals surface area contributed by atoms with E-state index in [4.69, 9.17) is 0 Å². The first-order valence-electron chi connectivity index (χ1n) is 8.79. The predicted octanol–water partition coefficient (Wildman–Crippen LogP) is 2.63. The third-order valence-corrected chi connectivity index (χ3v) is 4.72. The quantitative estimate of drug-likeness (QED) is 0.719. The van der Waals surface area contributed by atoms with Crippen LogP contribution in [0.4, 0.5) is 4.39 Å². The molecule has 6 heteroatoms. The van der Waals surface area contributed by atoms with Crippen molar-refractivity contribution in [2.24, 2.45) is 0 Å². The van der Waals surface area contributed by atoms with Crippen molar-refractivity contribution in [3.63, 3.8) is 0 Å². The van der Waals surface area contributed by atoms with Crippen LogP contribution in [-0.2, 0) is 19.5 Å². The highest BCUT2D eigenvalue weighted by Gasteiger charge is 2.23. The summed E-state index contributed by atoms with van der Waals surface area (Å²) in [5.74, 6) is -0.586. The lowest BCUT2D eigenvalue weighted by Gasteiger charge is -2.28. The lowest BCUT2D eigenvalue weighted by Crippen LogP contribution is -2.37. The van der Waals surface area contributed by atoms with Gasteiger partial charge in [0.05, 0.1) is 6.54 Å². The van der Waals surface area contributed by atoms with Crippen molar-refractivity contribution in [1.29, 1.82) is 0 Å². The Kier molecular flexibility index (Phi) is 4.54. The minimum Gasteiger partial charge on any atom is -0.333 e. The van der Waals surface area contributed by atoms with E-state index in [0.717, 1.165) is 12.0 Å². The molecule has 2 heterocycles. The molecule has 1 aliphatic rings. The molecule has 1 aromatic heterocycles. The van der Waals surface area contributed by atoms with Gasteiger partial charge in [-0.1, -0.05) is 36.4 Å². The van der Waals surface area contributed by atoms with Gasteiger partial charge in [0.15, 0.2) is 0 Å². The van der Waals surface area contributed by atoms with Gasteiger partial charge < -0.3 is 4.90 Å². The van der Waals surface area contributed by atoms with Crippen LogP contribution < -0.4 is 5.56 Å². The predicted molar refractivity (Wildman–Crippen MR) is 98.9 cm³/mol. The minimum atomic E-state index is -0.375. The Morgan fingerprint density at radius 3 is 2.67 bits per heavy atom. The number of hydrogen-bond donors (Lipinski definition) is 0. The standard InChI is InChI=1S/C21H18FN3O2/c22-18-7-3-4-15(12-18)13-25-20(26)9-8-19(23-25)21(27)24-11-10-16-5-1-2-6-17(16)14-24/h1-9,12H,10-11,13-14H2. The van der Waals surface area contributed by atoms with Crippen molar-refractivity contribution in [2.45, 2.75) is 19.5 Å². The Bertz CT molecular complexity index is 1060. The van der Waals surface area contributed by atoms with Crippen molar-refractivity contribution in [3.05, 3.63) is 99.2 Å². The maximum Gasteiger partial charge on any atom is 0.274 e. The van der Waals surface area contributed by atoms with E-state index in [9.17, 15) is 14.0 Å². The van der Waals surface area contributed by atoms with Crippen LogP contribution in [0, 0.1) is 5.82 Å². The molecule has 1 amide bonds. The summed E-state index contributed by atoms with van der Waals surface area (Å²) in [6.07, 6.45) is 0.796. The van der Waals surface area contributed by atoms with Crippen molar-refractivity contribution in [1.82, 2.24) is 14.7 Å². The number of hydrogen-bond acceptors (Lipinski definition) is 3. The summed E-state index contributed by atoms with van der Waals surface area (Å²) in [4.78, 5) is 26.7. The molecule has 0 radical (unpaired) electrons. The molecule has 0 saturated heterocycles. The Morgan fingerprint density at radius 1 is 1.04 bits per heavy atom. The molecule has 0 saturated carbocycles. The van der Waals surface area contributed by atoms with Gasteiger partial charge in [-0.2, -0.15) is 5.10 Å². The molecule has 2 aromatic carbocycles. The molecular formula is C21H18FN3O2. The Morgan fingerprint density at radius 2 is 1.85 bits per heavy atom. The molecule has 0 atom stereocenters. The summed E-state index contributed by atoms with van der Waals surface area (Å²) in [7, 11) is 0. The summed E-state index contributed by atoms with van der Waals surface area (Å²) in [5.41, 5.74) is 2.88. The van der Waals surface area contributed by atoms with Crippen LogP contribution in [0.25, 0.3) is 0 Å². The fourth-order valence-electron chi connectivity index (χ4n) is 3.32. The second-order valence-electron chi connectivity index (χ2n) is 6.59. The summed E-state index contributed by atoms with van der Waals surface area (Å²) < 4.78 is 14.6. The third kappa shape index (κ3) is 3.65. The van der Waals surface area contributed by atoms with E-state index < -0.39 is 0 Å².